The van der Waals surface area contributed by atoms with Crippen molar-refractivity contribution in [2.24, 2.45) is 7.05 Å². The molecule has 5 aromatic rings. The van der Waals surface area contributed by atoms with Gasteiger partial charge in [0, 0.05) is 74.7 Å². The monoisotopic (exact) mass is 485 g/mol. The first-order valence-corrected chi connectivity index (χ1v) is 12.0. The van der Waals surface area contributed by atoms with Gasteiger partial charge in [-0.15, -0.1) is 0 Å². The van der Waals surface area contributed by atoms with Gasteiger partial charge in [0.1, 0.15) is 17.7 Å². The van der Waals surface area contributed by atoms with E-state index in [-0.39, 0.29) is 5.82 Å². The molecule has 1 aliphatic heterocycles. The van der Waals surface area contributed by atoms with Crippen LogP contribution in [0.15, 0.2) is 67.6 Å². The smallest absolute Gasteiger partial charge is 0.225 e. The summed E-state index contributed by atoms with van der Waals surface area (Å²) in [5, 5.41) is 8.66. The Bertz CT molecular complexity index is 1430. The number of rotatable bonds is 4. The Labute approximate surface area is 208 Å². The highest BCUT2D eigenvalue weighted by Crippen LogP contribution is 2.27. The highest BCUT2D eigenvalue weighted by atomic mass is 19.1. The molecule has 0 unspecified atom stereocenters. The van der Waals surface area contributed by atoms with Crippen molar-refractivity contribution >= 4 is 17.3 Å². The summed E-state index contributed by atoms with van der Waals surface area (Å²) < 4.78 is 16.8. The second kappa shape index (κ2) is 10.1. The van der Waals surface area contributed by atoms with E-state index in [0.717, 1.165) is 59.8 Å². The van der Waals surface area contributed by atoms with Crippen molar-refractivity contribution in [2.75, 3.05) is 36.0 Å². The van der Waals surface area contributed by atoms with E-state index in [0.29, 0.717) is 5.95 Å². The van der Waals surface area contributed by atoms with Gasteiger partial charge in [-0.05, 0) is 23.8 Å². The van der Waals surface area contributed by atoms with Crippen LogP contribution in [0.3, 0.4) is 0 Å². The summed E-state index contributed by atoms with van der Waals surface area (Å²) in [6.07, 6.45) is 11.0. The summed E-state index contributed by atoms with van der Waals surface area (Å²) in [6, 6.07) is 8.46. The first-order chi connectivity index (χ1) is 17.6. The molecule has 9 nitrogen and oxygen atoms in total. The highest BCUT2D eigenvalue weighted by Gasteiger charge is 2.22. The quantitative estimate of drug-likeness (QED) is 0.379. The predicted molar refractivity (Wildman–Crippen MR) is 138 cm³/mol. The molecule has 36 heavy (non-hydrogen) atoms. The minimum atomic E-state index is -0.256. The predicted octanol–water partition coefficient (Wildman–Crippen LogP) is 4.08. The Morgan fingerprint density at radius 2 is 1.42 bits per heavy atom. The molecule has 6 rings (SSSR count). The van der Waals surface area contributed by atoms with Gasteiger partial charge in [0.25, 0.3) is 0 Å². The lowest BCUT2D eigenvalue weighted by atomic mass is 10.1. The number of benzene rings is 1. The summed E-state index contributed by atoms with van der Waals surface area (Å²) in [5.74, 6) is 1.35. The number of halogens is 1. The first kappa shape index (κ1) is 23.4. The SMILES string of the molecule is CC.Cn1cc(-c2cc3c(N4CCN(c5ncc(-c6ccc(F)cc6)cn5)CC4)ncnn3c2)cn1. The van der Waals surface area contributed by atoms with E-state index >= 15 is 0 Å². The van der Waals surface area contributed by atoms with Crippen molar-refractivity contribution in [3.8, 4) is 22.3 Å². The van der Waals surface area contributed by atoms with Crippen LogP contribution in [0.25, 0.3) is 27.8 Å². The maximum Gasteiger partial charge on any atom is 0.225 e. The third-order valence-corrected chi connectivity index (χ3v) is 6.10. The highest BCUT2D eigenvalue weighted by molar-refractivity contribution is 5.77. The number of hydrogen-bond acceptors (Lipinski definition) is 7. The molecule has 0 bridgehead atoms. The van der Waals surface area contributed by atoms with Crippen LogP contribution in [-0.4, -0.2) is 60.5 Å². The maximum atomic E-state index is 13.2. The van der Waals surface area contributed by atoms with E-state index < -0.39 is 0 Å². The van der Waals surface area contributed by atoms with Crippen LogP contribution in [0, 0.1) is 5.82 Å². The summed E-state index contributed by atoms with van der Waals surface area (Å²) >= 11 is 0. The topological polar surface area (TPSA) is 80.3 Å². The van der Waals surface area contributed by atoms with Gasteiger partial charge in [-0.25, -0.2) is 23.9 Å². The standard InChI is InChI=1S/C24H22FN9.C2H6/c1-31-14-20(13-29-31)18-10-22-23(28-16-30-34(22)15-18)32-6-8-33(9-7-32)24-26-11-19(12-27-24)17-2-4-21(25)5-3-17;1-2/h2-5,10-16H,6-9H2,1H3;1-2H3. The van der Waals surface area contributed by atoms with Gasteiger partial charge in [-0.3, -0.25) is 4.68 Å². The fourth-order valence-electron chi connectivity index (χ4n) is 4.28. The van der Waals surface area contributed by atoms with Crippen LogP contribution in [0.2, 0.25) is 0 Å². The Balaban J connectivity index is 0.00000130. The fourth-order valence-corrected chi connectivity index (χ4v) is 4.28. The molecule has 0 radical (unpaired) electrons. The number of aryl methyl sites for hydroxylation is 1. The third kappa shape index (κ3) is 4.61. The molecule has 184 valence electrons. The van der Waals surface area contributed by atoms with Crippen LogP contribution in [0.4, 0.5) is 16.2 Å². The summed E-state index contributed by atoms with van der Waals surface area (Å²) in [7, 11) is 1.91. The van der Waals surface area contributed by atoms with E-state index in [1.54, 1.807) is 35.5 Å². The molecule has 4 aromatic heterocycles. The number of piperazine rings is 1. The van der Waals surface area contributed by atoms with E-state index in [4.69, 9.17) is 0 Å². The lowest BCUT2D eigenvalue weighted by molar-refractivity contribution is 0.628. The number of fused-ring (bicyclic) bond motifs is 1. The molecule has 1 fully saturated rings. The van der Waals surface area contributed by atoms with Crippen LogP contribution in [0.5, 0.6) is 0 Å². The number of aromatic nitrogens is 7. The number of anilines is 2. The first-order valence-electron chi connectivity index (χ1n) is 12.0. The van der Waals surface area contributed by atoms with Gasteiger partial charge >= 0.3 is 0 Å². The van der Waals surface area contributed by atoms with Gasteiger partial charge < -0.3 is 9.80 Å². The number of hydrogen-bond donors (Lipinski definition) is 0. The summed E-state index contributed by atoms with van der Waals surface area (Å²) in [6.45, 7) is 7.15. The molecule has 10 heteroatoms. The van der Waals surface area contributed by atoms with Crippen LogP contribution in [-0.2, 0) is 7.05 Å². The van der Waals surface area contributed by atoms with E-state index in [1.807, 2.05) is 44.0 Å². The molecule has 0 amide bonds. The maximum absolute atomic E-state index is 13.2. The normalized spacial score (nSPS) is 13.6. The molecular formula is C26H28FN9. The van der Waals surface area contributed by atoms with Gasteiger partial charge in [-0.2, -0.15) is 10.2 Å². The molecule has 1 aromatic carbocycles. The lowest BCUT2D eigenvalue weighted by Crippen LogP contribution is -2.47. The van der Waals surface area contributed by atoms with Crippen molar-refractivity contribution in [2.45, 2.75) is 13.8 Å². The summed E-state index contributed by atoms with van der Waals surface area (Å²) in [5.41, 5.74) is 4.83. The minimum Gasteiger partial charge on any atom is -0.351 e. The van der Waals surface area contributed by atoms with E-state index in [1.165, 1.54) is 12.1 Å². The zero-order chi connectivity index (χ0) is 25.1. The van der Waals surface area contributed by atoms with Gasteiger partial charge in [0.15, 0.2) is 5.82 Å². The second-order valence-electron chi connectivity index (χ2n) is 8.30. The van der Waals surface area contributed by atoms with Crippen LogP contribution >= 0.6 is 0 Å². The average molecular weight is 486 g/mol. The molecular weight excluding hydrogens is 457 g/mol. The molecule has 0 aliphatic carbocycles. The van der Waals surface area contributed by atoms with Crippen molar-refractivity contribution < 1.29 is 4.39 Å². The van der Waals surface area contributed by atoms with Gasteiger partial charge in [0.05, 0.1) is 6.20 Å². The summed E-state index contributed by atoms with van der Waals surface area (Å²) in [4.78, 5) is 18.1. The van der Waals surface area contributed by atoms with E-state index in [2.05, 4.69) is 41.0 Å². The zero-order valence-electron chi connectivity index (χ0n) is 20.6. The Kier molecular flexibility index (Phi) is 6.57. The van der Waals surface area contributed by atoms with Crippen molar-refractivity contribution in [1.29, 1.82) is 0 Å². The zero-order valence-corrected chi connectivity index (χ0v) is 20.6. The minimum absolute atomic E-state index is 0.256. The molecule has 1 aliphatic rings. The number of nitrogens with zero attached hydrogens (tertiary/aromatic N) is 9. The Morgan fingerprint density at radius 3 is 2.08 bits per heavy atom. The van der Waals surface area contributed by atoms with Crippen molar-refractivity contribution in [3.63, 3.8) is 0 Å². The van der Waals surface area contributed by atoms with Gasteiger partial charge in [0.2, 0.25) is 5.95 Å². The third-order valence-electron chi connectivity index (χ3n) is 6.10. The molecule has 0 spiro atoms. The molecule has 0 atom stereocenters. The largest absolute Gasteiger partial charge is 0.351 e. The lowest BCUT2D eigenvalue weighted by Gasteiger charge is -2.35. The molecule has 0 N–H and O–H groups in total. The van der Waals surface area contributed by atoms with E-state index in [9.17, 15) is 4.39 Å². The Hall–Kier alpha value is -4.34. The van der Waals surface area contributed by atoms with Crippen LogP contribution in [0.1, 0.15) is 13.8 Å². The fraction of sp³-hybridized carbons (Fsp3) is 0.269. The molecule has 0 saturated carbocycles. The molecule has 5 heterocycles. The average Bonchev–Trinajstić information content (AvgIpc) is 3.57. The molecule has 1 saturated heterocycles. The van der Waals surface area contributed by atoms with Crippen LogP contribution < -0.4 is 9.80 Å². The Morgan fingerprint density at radius 1 is 0.722 bits per heavy atom. The van der Waals surface area contributed by atoms with Crippen molar-refractivity contribution in [1.82, 2.24) is 34.3 Å². The van der Waals surface area contributed by atoms with Crippen molar-refractivity contribution in [3.05, 3.63) is 73.5 Å². The second-order valence-corrected chi connectivity index (χ2v) is 8.30. The van der Waals surface area contributed by atoms with Gasteiger partial charge in [-0.1, -0.05) is 26.0 Å².